The summed E-state index contributed by atoms with van der Waals surface area (Å²) >= 11 is 0. The van der Waals surface area contributed by atoms with Gasteiger partial charge >= 0.3 is 0 Å². The first-order valence-corrected chi connectivity index (χ1v) is 12.0. The van der Waals surface area contributed by atoms with Gasteiger partial charge < -0.3 is 20.0 Å². The molecule has 2 fully saturated rings. The summed E-state index contributed by atoms with van der Waals surface area (Å²) in [6.07, 6.45) is 5.88. The van der Waals surface area contributed by atoms with Gasteiger partial charge in [0.1, 0.15) is 5.52 Å². The standard InChI is InChI=1S/C26H34N6/c1-30-16-18-32(19-17-30)22-9-7-21(8-10-22)24-20-25(26-23(29-24)6-5-11-28-26)27-12-15-31-13-3-2-4-14-31/h5-11,20H,2-4,12-19H2,1H3,(H,27,29). The maximum atomic E-state index is 4.92. The van der Waals surface area contributed by atoms with Crippen molar-refractivity contribution in [3.63, 3.8) is 0 Å². The first-order chi connectivity index (χ1) is 15.8. The van der Waals surface area contributed by atoms with E-state index in [0.717, 1.165) is 67.2 Å². The lowest BCUT2D eigenvalue weighted by Crippen LogP contribution is -2.44. The maximum absolute atomic E-state index is 4.92. The minimum absolute atomic E-state index is 0.928. The lowest BCUT2D eigenvalue weighted by atomic mass is 10.1. The third-order valence-corrected chi connectivity index (χ3v) is 6.79. The summed E-state index contributed by atoms with van der Waals surface area (Å²) in [5.41, 5.74) is 6.40. The summed E-state index contributed by atoms with van der Waals surface area (Å²) in [7, 11) is 2.19. The minimum atomic E-state index is 0.928. The second-order valence-corrected chi connectivity index (χ2v) is 9.09. The van der Waals surface area contributed by atoms with Crippen LogP contribution in [0.5, 0.6) is 0 Å². The molecular weight excluding hydrogens is 396 g/mol. The Hall–Kier alpha value is -2.70. The summed E-state index contributed by atoms with van der Waals surface area (Å²) < 4.78 is 0. The van der Waals surface area contributed by atoms with Gasteiger partial charge in [-0.3, -0.25) is 4.98 Å². The first kappa shape index (κ1) is 21.2. The molecule has 1 aromatic carbocycles. The fraction of sp³-hybridized carbons (Fsp3) is 0.462. The zero-order chi connectivity index (χ0) is 21.8. The highest BCUT2D eigenvalue weighted by Gasteiger charge is 2.15. The molecule has 2 aliphatic rings. The molecule has 0 atom stereocenters. The Morgan fingerprint density at radius 1 is 0.906 bits per heavy atom. The summed E-state index contributed by atoms with van der Waals surface area (Å²) in [5, 5.41) is 3.66. The fourth-order valence-corrected chi connectivity index (χ4v) is 4.78. The molecule has 2 aliphatic heterocycles. The van der Waals surface area contributed by atoms with Gasteiger partial charge in [0.2, 0.25) is 0 Å². The minimum Gasteiger partial charge on any atom is -0.382 e. The van der Waals surface area contributed by atoms with Gasteiger partial charge in [-0.1, -0.05) is 18.6 Å². The first-order valence-electron chi connectivity index (χ1n) is 12.0. The molecule has 4 heterocycles. The van der Waals surface area contributed by atoms with Crippen LogP contribution < -0.4 is 10.2 Å². The van der Waals surface area contributed by atoms with Crippen molar-refractivity contribution in [3.8, 4) is 11.3 Å². The Morgan fingerprint density at radius 2 is 1.69 bits per heavy atom. The lowest BCUT2D eigenvalue weighted by Gasteiger charge is -2.34. The second-order valence-electron chi connectivity index (χ2n) is 9.09. The van der Waals surface area contributed by atoms with E-state index in [2.05, 4.69) is 68.4 Å². The molecule has 6 nitrogen and oxygen atoms in total. The smallest absolute Gasteiger partial charge is 0.112 e. The van der Waals surface area contributed by atoms with Crippen LogP contribution in [0.2, 0.25) is 0 Å². The molecule has 0 aliphatic carbocycles. The summed E-state index contributed by atoms with van der Waals surface area (Å²) in [5.74, 6) is 0. The van der Waals surface area contributed by atoms with Crippen molar-refractivity contribution < 1.29 is 0 Å². The number of aromatic nitrogens is 2. The molecule has 0 spiro atoms. The van der Waals surface area contributed by atoms with Crippen molar-refractivity contribution in [1.29, 1.82) is 0 Å². The average Bonchev–Trinajstić information content (AvgIpc) is 2.85. The van der Waals surface area contributed by atoms with Crippen molar-refractivity contribution in [1.82, 2.24) is 19.8 Å². The van der Waals surface area contributed by atoms with Crippen LogP contribution >= 0.6 is 0 Å². The van der Waals surface area contributed by atoms with E-state index in [9.17, 15) is 0 Å². The molecule has 1 N–H and O–H groups in total. The van der Waals surface area contributed by atoms with Gasteiger partial charge in [0.05, 0.1) is 16.9 Å². The van der Waals surface area contributed by atoms with E-state index in [0.29, 0.717) is 0 Å². The van der Waals surface area contributed by atoms with E-state index in [-0.39, 0.29) is 0 Å². The third kappa shape index (κ3) is 4.87. The Balaban J connectivity index is 1.34. The van der Waals surface area contributed by atoms with Crippen LogP contribution in [0.4, 0.5) is 11.4 Å². The molecule has 168 valence electrons. The molecule has 6 heteroatoms. The number of nitrogens with zero attached hydrogens (tertiary/aromatic N) is 5. The van der Waals surface area contributed by atoms with Crippen LogP contribution in [0, 0.1) is 0 Å². The number of hydrogen-bond donors (Lipinski definition) is 1. The molecule has 0 bridgehead atoms. The number of fused-ring (bicyclic) bond motifs is 1. The van der Waals surface area contributed by atoms with Crippen molar-refractivity contribution in [3.05, 3.63) is 48.7 Å². The van der Waals surface area contributed by atoms with E-state index in [1.807, 2.05) is 12.3 Å². The van der Waals surface area contributed by atoms with Crippen LogP contribution in [-0.2, 0) is 0 Å². The van der Waals surface area contributed by atoms with Crippen LogP contribution in [0.25, 0.3) is 22.3 Å². The molecule has 5 rings (SSSR count). The van der Waals surface area contributed by atoms with Gasteiger partial charge in [-0.25, -0.2) is 4.98 Å². The van der Waals surface area contributed by atoms with Gasteiger partial charge in [-0.15, -0.1) is 0 Å². The SMILES string of the molecule is CN1CCN(c2ccc(-c3cc(NCCN4CCCCC4)c4ncccc4n3)cc2)CC1. The number of benzene rings is 1. The Bertz CT molecular complexity index is 1020. The van der Waals surface area contributed by atoms with Crippen LogP contribution in [-0.4, -0.2) is 79.2 Å². The molecule has 0 saturated carbocycles. The largest absolute Gasteiger partial charge is 0.382 e. The Labute approximate surface area is 191 Å². The van der Waals surface area contributed by atoms with Crippen LogP contribution in [0.3, 0.4) is 0 Å². The van der Waals surface area contributed by atoms with E-state index in [1.165, 1.54) is 38.0 Å². The van der Waals surface area contributed by atoms with E-state index >= 15 is 0 Å². The van der Waals surface area contributed by atoms with Crippen molar-refractivity contribution in [2.24, 2.45) is 0 Å². The number of anilines is 2. The number of pyridine rings is 2. The topological polar surface area (TPSA) is 47.5 Å². The van der Waals surface area contributed by atoms with Crippen LogP contribution in [0.1, 0.15) is 19.3 Å². The number of likely N-dealkylation sites (tertiary alicyclic amines) is 1. The number of hydrogen-bond acceptors (Lipinski definition) is 6. The van der Waals surface area contributed by atoms with Gasteiger partial charge in [-0.2, -0.15) is 0 Å². The van der Waals surface area contributed by atoms with Crippen molar-refractivity contribution in [2.45, 2.75) is 19.3 Å². The molecule has 32 heavy (non-hydrogen) atoms. The highest BCUT2D eigenvalue weighted by atomic mass is 15.2. The van der Waals surface area contributed by atoms with Gasteiger partial charge in [-0.05, 0) is 63.3 Å². The normalized spacial score (nSPS) is 18.2. The predicted molar refractivity (Wildman–Crippen MR) is 133 cm³/mol. The number of rotatable bonds is 6. The van der Waals surface area contributed by atoms with Gasteiger partial charge in [0.15, 0.2) is 0 Å². The second kappa shape index (κ2) is 9.84. The van der Waals surface area contributed by atoms with Gasteiger partial charge in [0, 0.05) is 56.7 Å². The lowest BCUT2D eigenvalue weighted by molar-refractivity contribution is 0.237. The summed E-state index contributed by atoms with van der Waals surface area (Å²) in [6.45, 7) is 8.86. The molecule has 0 radical (unpaired) electrons. The summed E-state index contributed by atoms with van der Waals surface area (Å²) in [6, 6.07) is 15.1. The predicted octanol–water partition coefficient (Wildman–Crippen LogP) is 3.95. The number of nitrogens with one attached hydrogen (secondary N) is 1. The maximum Gasteiger partial charge on any atom is 0.112 e. The number of likely N-dealkylation sites (N-methyl/N-ethyl adjacent to an activating group) is 1. The monoisotopic (exact) mass is 430 g/mol. The fourth-order valence-electron chi connectivity index (χ4n) is 4.78. The molecule has 2 aromatic heterocycles. The average molecular weight is 431 g/mol. The molecule has 3 aromatic rings. The zero-order valence-corrected chi connectivity index (χ0v) is 19.1. The Kier molecular flexibility index (Phi) is 6.51. The highest BCUT2D eigenvalue weighted by Crippen LogP contribution is 2.28. The van der Waals surface area contributed by atoms with Gasteiger partial charge in [0.25, 0.3) is 0 Å². The Morgan fingerprint density at radius 3 is 2.47 bits per heavy atom. The third-order valence-electron chi connectivity index (χ3n) is 6.79. The zero-order valence-electron chi connectivity index (χ0n) is 19.1. The van der Waals surface area contributed by atoms with Crippen molar-refractivity contribution in [2.75, 3.05) is 69.6 Å². The summed E-state index contributed by atoms with van der Waals surface area (Å²) in [4.78, 5) is 17.0. The molecule has 0 amide bonds. The molecule has 0 unspecified atom stereocenters. The number of piperidine rings is 1. The quantitative estimate of drug-likeness (QED) is 0.639. The molecule has 2 saturated heterocycles. The van der Waals surface area contributed by atoms with Crippen LogP contribution in [0.15, 0.2) is 48.7 Å². The highest BCUT2D eigenvalue weighted by molar-refractivity contribution is 5.90. The van der Waals surface area contributed by atoms with E-state index in [4.69, 9.17) is 4.98 Å². The number of piperazine rings is 1. The molecular formula is C26H34N6. The van der Waals surface area contributed by atoms with E-state index in [1.54, 1.807) is 0 Å². The van der Waals surface area contributed by atoms with E-state index < -0.39 is 0 Å². The van der Waals surface area contributed by atoms with Crippen molar-refractivity contribution >= 4 is 22.4 Å².